The number of anilines is 1. The summed E-state index contributed by atoms with van der Waals surface area (Å²) in [6.45, 7) is 4.12. The number of amides is 1. The average molecular weight is 305 g/mol. The van der Waals surface area contributed by atoms with E-state index in [0.717, 1.165) is 19.5 Å². The molecular formula is C13H18Cl2N2O2. The smallest absolute Gasteiger partial charge is 0.228 e. The van der Waals surface area contributed by atoms with Crippen molar-refractivity contribution in [3.63, 3.8) is 0 Å². The quantitative estimate of drug-likeness (QED) is 0.899. The molecule has 2 rings (SSSR count). The summed E-state index contributed by atoms with van der Waals surface area (Å²) in [6, 6.07) is 5.29. The van der Waals surface area contributed by atoms with Gasteiger partial charge in [-0.2, -0.15) is 0 Å². The summed E-state index contributed by atoms with van der Waals surface area (Å²) in [4.78, 5) is 11.9. The van der Waals surface area contributed by atoms with Crippen molar-refractivity contribution >= 4 is 35.6 Å². The Hall–Kier alpha value is -0.970. The molecule has 1 amide bonds. The van der Waals surface area contributed by atoms with Crippen LogP contribution in [0.3, 0.4) is 0 Å². The highest BCUT2D eigenvalue weighted by atomic mass is 35.5. The zero-order valence-corrected chi connectivity index (χ0v) is 12.3. The lowest BCUT2D eigenvalue weighted by Crippen LogP contribution is -2.24. The molecule has 0 saturated carbocycles. The van der Waals surface area contributed by atoms with Gasteiger partial charge in [-0.3, -0.25) is 4.79 Å². The molecule has 1 saturated heterocycles. The van der Waals surface area contributed by atoms with Gasteiger partial charge in [0, 0.05) is 12.2 Å². The molecule has 1 aromatic rings. The highest BCUT2D eigenvalue weighted by Gasteiger charge is 2.22. The van der Waals surface area contributed by atoms with Crippen molar-refractivity contribution in [1.82, 2.24) is 5.32 Å². The maximum Gasteiger partial charge on any atom is 0.228 e. The number of carbonyl (C=O) groups excluding carboxylic acids is 1. The van der Waals surface area contributed by atoms with Gasteiger partial charge in [0.25, 0.3) is 0 Å². The Balaban J connectivity index is 0.00000180. The Bertz CT molecular complexity index is 435. The van der Waals surface area contributed by atoms with Crippen LogP contribution in [-0.4, -0.2) is 25.6 Å². The monoisotopic (exact) mass is 304 g/mol. The minimum atomic E-state index is 0. The Morgan fingerprint density at radius 3 is 2.95 bits per heavy atom. The van der Waals surface area contributed by atoms with E-state index in [9.17, 15) is 4.79 Å². The molecule has 0 radical (unpaired) electrons. The van der Waals surface area contributed by atoms with Gasteiger partial charge >= 0.3 is 0 Å². The van der Waals surface area contributed by atoms with Crippen LogP contribution < -0.4 is 15.4 Å². The predicted octanol–water partition coefficient (Wildman–Crippen LogP) is 2.71. The highest BCUT2D eigenvalue weighted by Crippen LogP contribution is 2.28. The van der Waals surface area contributed by atoms with Crippen molar-refractivity contribution in [2.45, 2.75) is 13.3 Å². The van der Waals surface area contributed by atoms with Crippen molar-refractivity contribution in [2.75, 3.05) is 25.0 Å². The van der Waals surface area contributed by atoms with Gasteiger partial charge in [0.05, 0.1) is 17.5 Å². The third kappa shape index (κ3) is 4.27. The minimum absolute atomic E-state index is 0. The SMILES string of the molecule is CCOc1ccc(NC(=O)C2CCNC2)cc1Cl.Cl. The van der Waals surface area contributed by atoms with E-state index in [0.29, 0.717) is 23.1 Å². The summed E-state index contributed by atoms with van der Waals surface area (Å²) in [6.07, 6.45) is 0.886. The van der Waals surface area contributed by atoms with Crippen LogP contribution in [0.25, 0.3) is 0 Å². The normalized spacial score (nSPS) is 17.7. The maximum absolute atomic E-state index is 11.9. The van der Waals surface area contributed by atoms with Gasteiger partial charge in [-0.05, 0) is 38.1 Å². The molecule has 19 heavy (non-hydrogen) atoms. The first-order chi connectivity index (χ1) is 8.70. The first-order valence-electron chi connectivity index (χ1n) is 6.14. The van der Waals surface area contributed by atoms with E-state index in [4.69, 9.17) is 16.3 Å². The largest absolute Gasteiger partial charge is 0.492 e. The van der Waals surface area contributed by atoms with Crippen molar-refractivity contribution in [3.8, 4) is 5.75 Å². The number of rotatable bonds is 4. The molecule has 1 aliphatic heterocycles. The molecule has 1 fully saturated rings. The second kappa shape index (κ2) is 7.58. The lowest BCUT2D eigenvalue weighted by atomic mass is 10.1. The van der Waals surface area contributed by atoms with E-state index in [2.05, 4.69) is 10.6 Å². The van der Waals surface area contributed by atoms with E-state index in [-0.39, 0.29) is 24.2 Å². The molecule has 0 spiro atoms. The van der Waals surface area contributed by atoms with Gasteiger partial charge in [0.2, 0.25) is 5.91 Å². The number of carbonyl (C=O) groups is 1. The van der Waals surface area contributed by atoms with E-state index in [1.54, 1.807) is 18.2 Å². The topological polar surface area (TPSA) is 50.4 Å². The fourth-order valence-electron chi connectivity index (χ4n) is 1.97. The van der Waals surface area contributed by atoms with Gasteiger partial charge in [-0.15, -0.1) is 12.4 Å². The number of ether oxygens (including phenoxy) is 1. The standard InChI is InChI=1S/C13H17ClN2O2.ClH/c1-2-18-12-4-3-10(7-11(12)14)16-13(17)9-5-6-15-8-9;/h3-4,7,9,15H,2,5-6,8H2,1H3,(H,16,17);1H. The second-order valence-corrected chi connectivity index (χ2v) is 4.66. The molecule has 1 unspecified atom stereocenters. The Morgan fingerprint density at radius 2 is 2.37 bits per heavy atom. The molecule has 6 heteroatoms. The van der Waals surface area contributed by atoms with Gasteiger partial charge in [-0.25, -0.2) is 0 Å². The highest BCUT2D eigenvalue weighted by molar-refractivity contribution is 6.32. The van der Waals surface area contributed by atoms with Crippen LogP contribution in [0.4, 0.5) is 5.69 Å². The number of hydrogen-bond donors (Lipinski definition) is 2. The van der Waals surface area contributed by atoms with E-state index >= 15 is 0 Å². The van der Waals surface area contributed by atoms with Crippen LogP contribution in [0, 0.1) is 5.92 Å². The van der Waals surface area contributed by atoms with E-state index < -0.39 is 0 Å². The summed E-state index contributed by atoms with van der Waals surface area (Å²) in [5.41, 5.74) is 0.709. The summed E-state index contributed by atoms with van der Waals surface area (Å²) in [5, 5.41) is 6.56. The van der Waals surface area contributed by atoms with Crippen molar-refractivity contribution in [3.05, 3.63) is 23.2 Å². The molecule has 0 aromatic heterocycles. The lowest BCUT2D eigenvalue weighted by Gasteiger charge is -2.11. The molecule has 1 heterocycles. The summed E-state index contributed by atoms with van der Waals surface area (Å²) < 4.78 is 5.34. The van der Waals surface area contributed by atoms with Crippen LogP contribution in [0.15, 0.2) is 18.2 Å². The molecule has 106 valence electrons. The summed E-state index contributed by atoms with van der Waals surface area (Å²) in [7, 11) is 0. The first-order valence-corrected chi connectivity index (χ1v) is 6.52. The Morgan fingerprint density at radius 1 is 1.58 bits per heavy atom. The van der Waals surface area contributed by atoms with Gasteiger partial charge in [0.1, 0.15) is 5.75 Å². The van der Waals surface area contributed by atoms with Crippen molar-refractivity contribution < 1.29 is 9.53 Å². The Kier molecular flexibility index (Phi) is 6.42. The number of halogens is 2. The van der Waals surface area contributed by atoms with Crippen LogP contribution in [-0.2, 0) is 4.79 Å². The fourth-order valence-corrected chi connectivity index (χ4v) is 2.21. The first kappa shape index (κ1) is 16.1. The van der Waals surface area contributed by atoms with Gasteiger partial charge in [-0.1, -0.05) is 11.6 Å². The molecule has 1 atom stereocenters. The number of hydrogen-bond acceptors (Lipinski definition) is 3. The molecule has 1 aliphatic rings. The maximum atomic E-state index is 11.9. The van der Waals surface area contributed by atoms with Crippen molar-refractivity contribution in [2.24, 2.45) is 5.92 Å². The summed E-state index contributed by atoms with van der Waals surface area (Å²) >= 11 is 6.06. The van der Waals surface area contributed by atoms with Gasteiger partial charge < -0.3 is 15.4 Å². The number of nitrogens with one attached hydrogen (secondary N) is 2. The average Bonchev–Trinajstić information content (AvgIpc) is 2.86. The minimum Gasteiger partial charge on any atom is -0.492 e. The van der Waals surface area contributed by atoms with Gasteiger partial charge in [0.15, 0.2) is 0 Å². The zero-order chi connectivity index (χ0) is 13.0. The van der Waals surface area contributed by atoms with E-state index in [1.807, 2.05) is 6.92 Å². The lowest BCUT2D eigenvalue weighted by molar-refractivity contribution is -0.119. The zero-order valence-electron chi connectivity index (χ0n) is 10.7. The second-order valence-electron chi connectivity index (χ2n) is 4.26. The molecule has 4 nitrogen and oxygen atoms in total. The third-order valence-corrected chi connectivity index (χ3v) is 3.23. The summed E-state index contributed by atoms with van der Waals surface area (Å²) in [5.74, 6) is 0.732. The fraction of sp³-hybridized carbons (Fsp3) is 0.462. The van der Waals surface area contributed by atoms with Crippen LogP contribution in [0.1, 0.15) is 13.3 Å². The molecular weight excluding hydrogens is 287 g/mol. The van der Waals surface area contributed by atoms with Crippen LogP contribution >= 0.6 is 24.0 Å². The number of benzene rings is 1. The molecule has 0 aliphatic carbocycles. The molecule has 0 bridgehead atoms. The molecule has 2 N–H and O–H groups in total. The Labute approximate surface area is 124 Å². The van der Waals surface area contributed by atoms with Crippen molar-refractivity contribution in [1.29, 1.82) is 0 Å². The van der Waals surface area contributed by atoms with Crippen LogP contribution in [0.2, 0.25) is 5.02 Å². The van der Waals surface area contributed by atoms with E-state index in [1.165, 1.54) is 0 Å². The third-order valence-electron chi connectivity index (χ3n) is 2.93. The molecule has 1 aromatic carbocycles. The predicted molar refractivity (Wildman–Crippen MR) is 79.5 cm³/mol. The van der Waals surface area contributed by atoms with Crippen LogP contribution in [0.5, 0.6) is 5.75 Å².